The SMILES string of the molecule is CCOc1ccc(-c2ccc(-c3cc(C(=O)O)c4cc(F)ccc4n3)nc2C)cc1. The lowest BCUT2D eigenvalue weighted by atomic mass is 10.0. The number of carboxylic acids is 1. The molecule has 0 atom stereocenters. The molecule has 2 aromatic carbocycles. The monoisotopic (exact) mass is 402 g/mol. The van der Waals surface area contributed by atoms with Crippen molar-refractivity contribution in [1.29, 1.82) is 0 Å². The van der Waals surface area contributed by atoms with Crippen molar-refractivity contribution in [3.05, 3.63) is 77.7 Å². The van der Waals surface area contributed by atoms with Gasteiger partial charge in [0.2, 0.25) is 0 Å². The van der Waals surface area contributed by atoms with Gasteiger partial charge < -0.3 is 9.84 Å². The van der Waals surface area contributed by atoms with Crippen molar-refractivity contribution in [3.63, 3.8) is 0 Å². The number of nitrogens with zero attached hydrogens (tertiary/aromatic N) is 2. The van der Waals surface area contributed by atoms with Crippen molar-refractivity contribution in [3.8, 4) is 28.3 Å². The van der Waals surface area contributed by atoms with E-state index < -0.39 is 11.8 Å². The summed E-state index contributed by atoms with van der Waals surface area (Å²) in [6.07, 6.45) is 0. The number of halogens is 1. The second kappa shape index (κ2) is 7.91. The molecule has 0 aliphatic rings. The molecule has 0 aliphatic carbocycles. The Bertz CT molecular complexity index is 1250. The van der Waals surface area contributed by atoms with E-state index in [-0.39, 0.29) is 10.9 Å². The Labute approximate surface area is 172 Å². The van der Waals surface area contributed by atoms with Gasteiger partial charge in [0.1, 0.15) is 11.6 Å². The van der Waals surface area contributed by atoms with Crippen LogP contribution in [-0.2, 0) is 0 Å². The highest BCUT2D eigenvalue weighted by Gasteiger charge is 2.15. The summed E-state index contributed by atoms with van der Waals surface area (Å²) in [6.45, 7) is 4.44. The van der Waals surface area contributed by atoms with E-state index in [2.05, 4.69) is 9.97 Å². The van der Waals surface area contributed by atoms with E-state index in [1.165, 1.54) is 24.3 Å². The number of ether oxygens (including phenoxy) is 1. The van der Waals surface area contributed by atoms with Crippen LogP contribution in [0, 0.1) is 12.7 Å². The van der Waals surface area contributed by atoms with E-state index in [0.717, 1.165) is 22.6 Å². The number of hydrogen-bond donors (Lipinski definition) is 1. The van der Waals surface area contributed by atoms with Crippen molar-refractivity contribution >= 4 is 16.9 Å². The minimum atomic E-state index is -1.14. The fourth-order valence-electron chi connectivity index (χ4n) is 3.41. The second-order valence-corrected chi connectivity index (χ2v) is 6.81. The maximum Gasteiger partial charge on any atom is 0.336 e. The van der Waals surface area contributed by atoms with Gasteiger partial charge in [-0.2, -0.15) is 0 Å². The van der Waals surface area contributed by atoms with Gasteiger partial charge >= 0.3 is 5.97 Å². The Hall–Kier alpha value is -3.80. The number of hydrogen-bond acceptors (Lipinski definition) is 4. The van der Waals surface area contributed by atoms with Gasteiger partial charge in [-0.1, -0.05) is 18.2 Å². The Morgan fingerprint density at radius 3 is 2.43 bits per heavy atom. The molecular weight excluding hydrogens is 383 g/mol. The highest BCUT2D eigenvalue weighted by atomic mass is 19.1. The molecule has 0 radical (unpaired) electrons. The largest absolute Gasteiger partial charge is 0.494 e. The third-order valence-corrected chi connectivity index (χ3v) is 4.83. The van der Waals surface area contributed by atoms with Crippen molar-refractivity contribution < 1.29 is 19.0 Å². The van der Waals surface area contributed by atoms with Gasteiger partial charge in [-0.05, 0) is 61.9 Å². The molecule has 4 aromatic rings. The van der Waals surface area contributed by atoms with Crippen LogP contribution < -0.4 is 4.74 Å². The zero-order valence-corrected chi connectivity index (χ0v) is 16.5. The summed E-state index contributed by atoms with van der Waals surface area (Å²) in [5.41, 5.74) is 4.12. The molecular formula is C24H19FN2O3. The van der Waals surface area contributed by atoms with Gasteiger partial charge in [0.05, 0.1) is 29.1 Å². The number of aromatic carboxylic acids is 1. The van der Waals surface area contributed by atoms with Crippen molar-refractivity contribution in [2.75, 3.05) is 6.61 Å². The molecule has 0 saturated heterocycles. The van der Waals surface area contributed by atoms with Crippen LogP contribution in [0.5, 0.6) is 5.75 Å². The minimum absolute atomic E-state index is 0.00968. The van der Waals surface area contributed by atoms with Crippen LogP contribution in [0.1, 0.15) is 23.0 Å². The van der Waals surface area contributed by atoms with Gasteiger partial charge in [-0.3, -0.25) is 4.98 Å². The average molecular weight is 402 g/mol. The first-order chi connectivity index (χ1) is 14.5. The molecule has 0 bridgehead atoms. The Balaban J connectivity index is 1.76. The number of benzene rings is 2. The van der Waals surface area contributed by atoms with Gasteiger partial charge in [0.25, 0.3) is 0 Å². The standard InChI is InChI=1S/C24H19FN2O3/c1-3-30-17-7-4-15(5-8-17)18-9-11-22(26-14(18)2)23-13-20(24(28)29)19-12-16(25)6-10-21(19)27-23/h4-13H,3H2,1-2H3,(H,28,29). The molecule has 6 heteroatoms. The van der Waals surface area contributed by atoms with Crippen LogP contribution in [0.3, 0.4) is 0 Å². The fraction of sp³-hybridized carbons (Fsp3) is 0.125. The molecule has 2 aromatic heterocycles. The fourth-order valence-corrected chi connectivity index (χ4v) is 3.41. The normalized spacial score (nSPS) is 10.9. The molecule has 0 amide bonds. The number of carboxylic acid groups (broad SMARTS) is 1. The van der Waals surface area contributed by atoms with Crippen LogP contribution in [0.15, 0.2) is 60.7 Å². The average Bonchev–Trinajstić information content (AvgIpc) is 2.73. The lowest BCUT2D eigenvalue weighted by Gasteiger charge is -2.11. The number of pyridine rings is 2. The number of carbonyl (C=O) groups is 1. The molecule has 0 fully saturated rings. The van der Waals surface area contributed by atoms with Crippen molar-refractivity contribution in [1.82, 2.24) is 9.97 Å². The van der Waals surface area contributed by atoms with E-state index in [4.69, 9.17) is 4.74 Å². The van der Waals surface area contributed by atoms with Gasteiger partial charge in [-0.15, -0.1) is 0 Å². The molecule has 150 valence electrons. The summed E-state index contributed by atoms with van der Waals surface area (Å²) in [7, 11) is 0. The van der Waals surface area contributed by atoms with E-state index in [9.17, 15) is 14.3 Å². The van der Waals surface area contributed by atoms with Crippen LogP contribution in [0.2, 0.25) is 0 Å². The molecule has 4 rings (SSSR count). The smallest absolute Gasteiger partial charge is 0.336 e. The topological polar surface area (TPSA) is 72.3 Å². The maximum absolute atomic E-state index is 13.6. The molecule has 0 aliphatic heterocycles. The number of fused-ring (bicyclic) bond motifs is 1. The zero-order chi connectivity index (χ0) is 21.3. The first kappa shape index (κ1) is 19.5. The van der Waals surface area contributed by atoms with Crippen molar-refractivity contribution in [2.24, 2.45) is 0 Å². The van der Waals surface area contributed by atoms with E-state index in [1.807, 2.05) is 50.2 Å². The van der Waals surface area contributed by atoms with E-state index in [0.29, 0.717) is 23.5 Å². The first-order valence-corrected chi connectivity index (χ1v) is 9.51. The van der Waals surface area contributed by atoms with Crippen LogP contribution >= 0.6 is 0 Å². The first-order valence-electron chi connectivity index (χ1n) is 9.51. The maximum atomic E-state index is 13.6. The highest BCUT2D eigenvalue weighted by Crippen LogP contribution is 2.29. The van der Waals surface area contributed by atoms with Crippen LogP contribution in [-0.4, -0.2) is 27.7 Å². The number of aryl methyl sites for hydroxylation is 1. The summed E-state index contributed by atoms with van der Waals surface area (Å²) >= 11 is 0. The molecule has 0 spiro atoms. The summed E-state index contributed by atoms with van der Waals surface area (Å²) in [5, 5.41) is 9.83. The van der Waals surface area contributed by atoms with Crippen LogP contribution in [0.4, 0.5) is 4.39 Å². The third kappa shape index (κ3) is 3.72. The predicted octanol–water partition coefficient (Wildman–Crippen LogP) is 5.51. The molecule has 2 heterocycles. The summed E-state index contributed by atoms with van der Waals surface area (Å²) in [4.78, 5) is 20.8. The lowest BCUT2D eigenvalue weighted by Crippen LogP contribution is -2.02. The molecule has 0 unspecified atom stereocenters. The Morgan fingerprint density at radius 1 is 1.00 bits per heavy atom. The Morgan fingerprint density at radius 2 is 1.77 bits per heavy atom. The van der Waals surface area contributed by atoms with Crippen molar-refractivity contribution in [2.45, 2.75) is 13.8 Å². The minimum Gasteiger partial charge on any atom is -0.494 e. The summed E-state index contributed by atoms with van der Waals surface area (Å²) < 4.78 is 19.1. The number of rotatable bonds is 5. The summed E-state index contributed by atoms with van der Waals surface area (Å²) in [6, 6.07) is 16.9. The predicted molar refractivity (Wildman–Crippen MR) is 113 cm³/mol. The second-order valence-electron chi connectivity index (χ2n) is 6.81. The quantitative estimate of drug-likeness (QED) is 0.477. The van der Waals surface area contributed by atoms with Gasteiger partial charge in [0.15, 0.2) is 0 Å². The van der Waals surface area contributed by atoms with Gasteiger partial charge in [0, 0.05) is 16.6 Å². The molecule has 30 heavy (non-hydrogen) atoms. The molecule has 1 N–H and O–H groups in total. The third-order valence-electron chi connectivity index (χ3n) is 4.83. The van der Waals surface area contributed by atoms with Gasteiger partial charge in [-0.25, -0.2) is 14.2 Å². The van der Waals surface area contributed by atoms with E-state index >= 15 is 0 Å². The molecule has 5 nitrogen and oxygen atoms in total. The van der Waals surface area contributed by atoms with E-state index in [1.54, 1.807) is 0 Å². The van der Waals surface area contributed by atoms with Crippen LogP contribution in [0.25, 0.3) is 33.4 Å². The highest BCUT2D eigenvalue weighted by molar-refractivity contribution is 6.03. The summed E-state index contributed by atoms with van der Waals surface area (Å²) in [5.74, 6) is -0.841. The number of aromatic nitrogens is 2. The lowest BCUT2D eigenvalue weighted by molar-refractivity contribution is 0.0699. The Kier molecular flexibility index (Phi) is 5.14. The molecule has 0 saturated carbocycles. The zero-order valence-electron chi connectivity index (χ0n) is 16.5.